The number of nitrogens with zero attached hydrogens (tertiary/aromatic N) is 1. The first kappa shape index (κ1) is 19.5. The van der Waals surface area contributed by atoms with Crippen LogP contribution in [0.5, 0.6) is 5.75 Å². The van der Waals surface area contributed by atoms with E-state index in [1.807, 2.05) is 18.2 Å². The van der Waals surface area contributed by atoms with Gasteiger partial charge in [-0.2, -0.15) is 0 Å². The number of para-hydroxylation sites is 1. The van der Waals surface area contributed by atoms with Crippen LogP contribution in [0.3, 0.4) is 0 Å². The SMILES string of the molecule is CC(C)=CCN1CC2C(COC(=O)Cc3cccc(C4CCCC4)c3O)C2C1. The lowest BCUT2D eigenvalue weighted by molar-refractivity contribution is -0.143. The van der Waals surface area contributed by atoms with Crippen molar-refractivity contribution in [3.63, 3.8) is 0 Å². The van der Waals surface area contributed by atoms with Crippen molar-refractivity contribution in [1.82, 2.24) is 4.90 Å². The summed E-state index contributed by atoms with van der Waals surface area (Å²) in [5.74, 6) is 2.45. The minimum Gasteiger partial charge on any atom is -0.507 e. The zero-order valence-corrected chi connectivity index (χ0v) is 17.2. The van der Waals surface area contributed by atoms with Crippen molar-refractivity contribution in [3.05, 3.63) is 41.0 Å². The molecule has 2 aliphatic carbocycles. The quantitative estimate of drug-likeness (QED) is 0.564. The Hall–Kier alpha value is -1.81. The number of carbonyl (C=O) groups excluding carboxylic acids is 1. The van der Waals surface area contributed by atoms with Gasteiger partial charge in [0.15, 0.2) is 0 Å². The van der Waals surface area contributed by atoms with Gasteiger partial charge in [0.1, 0.15) is 5.75 Å². The second-order valence-corrected chi connectivity index (χ2v) is 9.19. The third-order valence-corrected chi connectivity index (χ3v) is 6.92. The number of hydrogen-bond donors (Lipinski definition) is 1. The van der Waals surface area contributed by atoms with Crippen LogP contribution in [0, 0.1) is 17.8 Å². The Morgan fingerprint density at radius 3 is 2.61 bits per heavy atom. The number of aromatic hydroxyl groups is 1. The van der Waals surface area contributed by atoms with Crippen LogP contribution in [0.2, 0.25) is 0 Å². The summed E-state index contributed by atoms with van der Waals surface area (Å²) < 4.78 is 5.58. The van der Waals surface area contributed by atoms with Crippen molar-refractivity contribution in [3.8, 4) is 5.75 Å². The van der Waals surface area contributed by atoms with Crippen LogP contribution >= 0.6 is 0 Å². The summed E-state index contributed by atoms with van der Waals surface area (Å²) in [6.07, 6.45) is 7.18. The Balaban J connectivity index is 1.23. The standard InChI is InChI=1S/C24H33NO3/c1-16(2)10-11-25-13-20-21(14-25)22(20)15-28-23(26)12-18-8-5-9-19(24(18)27)17-6-3-4-7-17/h5,8-10,17,20-22,27H,3-4,6-7,11-15H2,1-2H3. The highest BCUT2D eigenvalue weighted by atomic mass is 16.5. The number of piperidine rings is 1. The van der Waals surface area contributed by atoms with Gasteiger partial charge in [-0.1, -0.05) is 42.7 Å². The van der Waals surface area contributed by atoms with Crippen molar-refractivity contribution in [2.75, 3.05) is 26.2 Å². The molecule has 4 heteroatoms. The lowest BCUT2D eigenvalue weighted by Crippen LogP contribution is -2.26. The van der Waals surface area contributed by atoms with Gasteiger partial charge in [0.25, 0.3) is 0 Å². The molecule has 3 fully saturated rings. The topological polar surface area (TPSA) is 49.8 Å². The van der Waals surface area contributed by atoms with Crippen LogP contribution in [-0.2, 0) is 16.0 Å². The van der Waals surface area contributed by atoms with Gasteiger partial charge in [0, 0.05) is 31.1 Å². The molecular formula is C24H33NO3. The van der Waals surface area contributed by atoms with Crippen molar-refractivity contribution < 1.29 is 14.6 Å². The zero-order chi connectivity index (χ0) is 19.7. The third kappa shape index (κ3) is 4.27. The lowest BCUT2D eigenvalue weighted by atomic mass is 9.94. The van der Waals surface area contributed by atoms with Gasteiger partial charge in [-0.15, -0.1) is 0 Å². The van der Waals surface area contributed by atoms with Crippen LogP contribution in [0.15, 0.2) is 29.8 Å². The first-order chi connectivity index (χ1) is 13.5. The highest BCUT2D eigenvalue weighted by molar-refractivity contribution is 5.74. The van der Waals surface area contributed by atoms with Crippen molar-refractivity contribution in [1.29, 1.82) is 0 Å². The number of ether oxygens (including phenoxy) is 1. The maximum atomic E-state index is 12.3. The molecule has 1 aromatic rings. The largest absolute Gasteiger partial charge is 0.507 e. The maximum Gasteiger partial charge on any atom is 0.310 e. The minimum absolute atomic E-state index is 0.168. The van der Waals surface area contributed by atoms with Gasteiger partial charge in [-0.25, -0.2) is 0 Å². The fraction of sp³-hybridized carbons (Fsp3) is 0.625. The summed E-state index contributed by atoms with van der Waals surface area (Å²) >= 11 is 0. The predicted molar refractivity (Wildman–Crippen MR) is 110 cm³/mol. The molecule has 0 aromatic heterocycles. The molecule has 2 saturated carbocycles. The average Bonchev–Trinajstić information content (AvgIpc) is 3.08. The summed E-state index contributed by atoms with van der Waals surface area (Å²) in [4.78, 5) is 14.8. The Bertz CT molecular complexity index is 734. The summed E-state index contributed by atoms with van der Waals surface area (Å²) in [5.41, 5.74) is 3.08. The van der Waals surface area contributed by atoms with E-state index in [0.29, 0.717) is 41.6 Å². The number of phenols is 1. The van der Waals surface area contributed by atoms with Gasteiger partial charge in [-0.3, -0.25) is 9.69 Å². The van der Waals surface area contributed by atoms with Crippen molar-refractivity contribution in [2.45, 2.75) is 51.9 Å². The molecule has 1 heterocycles. The summed E-state index contributed by atoms with van der Waals surface area (Å²) in [7, 11) is 0. The van der Waals surface area contributed by atoms with E-state index in [1.165, 1.54) is 18.4 Å². The van der Waals surface area contributed by atoms with Crippen LogP contribution in [0.4, 0.5) is 0 Å². The van der Waals surface area contributed by atoms with E-state index in [2.05, 4.69) is 24.8 Å². The maximum absolute atomic E-state index is 12.3. The van der Waals surface area contributed by atoms with E-state index in [0.717, 1.165) is 38.0 Å². The Labute approximate surface area is 168 Å². The number of phenolic OH excluding ortho intramolecular Hbond substituents is 1. The molecule has 0 spiro atoms. The van der Waals surface area contributed by atoms with Crippen molar-refractivity contribution in [2.24, 2.45) is 17.8 Å². The van der Waals surface area contributed by atoms with Crippen LogP contribution < -0.4 is 0 Å². The van der Waals surface area contributed by atoms with Gasteiger partial charge < -0.3 is 9.84 Å². The number of likely N-dealkylation sites (tertiary alicyclic amines) is 1. The van der Waals surface area contributed by atoms with Crippen LogP contribution in [0.1, 0.15) is 56.6 Å². The van der Waals surface area contributed by atoms with E-state index < -0.39 is 0 Å². The zero-order valence-electron chi connectivity index (χ0n) is 17.2. The first-order valence-corrected chi connectivity index (χ1v) is 10.8. The minimum atomic E-state index is -0.217. The number of fused-ring (bicyclic) bond motifs is 1. The second-order valence-electron chi connectivity index (χ2n) is 9.19. The predicted octanol–water partition coefficient (Wildman–Crippen LogP) is 4.28. The normalized spacial score (nSPS) is 26.9. The summed E-state index contributed by atoms with van der Waals surface area (Å²) in [5, 5.41) is 10.6. The number of esters is 1. The van der Waals surface area contributed by atoms with Gasteiger partial charge in [0.05, 0.1) is 13.0 Å². The summed E-state index contributed by atoms with van der Waals surface area (Å²) in [6, 6.07) is 5.82. The highest BCUT2D eigenvalue weighted by Crippen LogP contribution is 2.51. The van der Waals surface area contributed by atoms with E-state index >= 15 is 0 Å². The molecule has 4 rings (SSSR count). The molecule has 28 heavy (non-hydrogen) atoms. The van der Waals surface area contributed by atoms with Gasteiger partial charge in [0.2, 0.25) is 0 Å². The number of allylic oxidation sites excluding steroid dienone is 1. The molecule has 2 atom stereocenters. The molecule has 0 amide bonds. The average molecular weight is 384 g/mol. The molecule has 1 aromatic carbocycles. The Morgan fingerprint density at radius 1 is 1.21 bits per heavy atom. The molecule has 1 N–H and O–H groups in total. The van der Waals surface area contributed by atoms with E-state index in [-0.39, 0.29) is 12.4 Å². The smallest absolute Gasteiger partial charge is 0.310 e. The molecule has 2 unspecified atom stereocenters. The van der Waals surface area contributed by atoms with Gasteiger partial charge in [-0.05, 0) is 50.0 Å². The molecule has 3 aliphatic rings. The summed E-state index contributed by atoms with van der Waals surface area (Å²) in [6.45, 7) is 8.11. The molecule has 1 aliphatic heterocycles. The highest BCUT2D eigenvalue weighted by Gasteiger charge is 2.55. The van der Waals surface area contributed by atoms with Crippen LogP contribution in [0.25, 0.3) is 0 Å². The van der Waals surface area contributed by atoms with Crippen LogP contribution in [-0.4, -0.2) is 42.2 Å². The molecular weight excluding hydrogens is 350 g/mol. The third-order valence-electron chi connectivity index (χ3n) is 6.92. The Morgan fingerprint density at radius 2 is 1.93 bits per heavy atom. The molecule has 1 saturated heterocycles. The van der Waals surface area contributed by atoms with E-state index in [4.69, 9.17) is 4.74 Å². The van der Waals surface area contributed by atoms with Gasteiger partial charge >= 0.3 is 5.97 Å². The molecule has 0 bridgehead atoms. The van der Waals surface area contributed by atoms with Crippen molar-refractivity contribution >= 4 is 5.97 Å². The second kappa shape index (κ2) is 8.28. The first-order valence-electron chi connectivity index (χ1n) is 10.8. The number of hydrogen-bond acceptors (Lipinski definition) is 4. The number of rotatable bonds is 7. The molecule has 0 radical (unpaired) electrons. The van der Waals surface area contributed by atoms with E-state index in [9.17, 15) is 9.90 Å². The Kier molecular flexibility index (Phi) is 5.77. The lowest BCUT2D eigenvalue weighted by Gasteiger charge is -2.18. The molecule has 4 nitrogen and oxygen atoms in total. The fourth-order valence-corrected chi connectivity index (χ4v) is 5.16. The monoisotopic (exact) mass is 383 g/mol. The number of benzene rings is 1. The molecule has 152 valence electrons. The van der Waals surface area contributed by atoms with E-state index in [1.54, 1.807) is 0 Å². The number of carbonyl (C=O) groups is 1. The fourth-order valence-electron chi connectivity index (χ4n) is 5.16.